The highest BCUT2D eigenvalue weighted by molar-refractivity contribution is 9.10. The molecule has 7 heteroatoms. The molecule has 0 unspecified atom stereocenters. The SMILES string of the molecule is CN(C)CCOCCNc1nc2c(Br)cccn2n1. The summed E-state index contributed by atoms with van der Waals surface area (Å²) in [6.07, 6.45) is 1.87. The quantitative estimate of drug-likeness (QED) is 0.781. The zero-order valence-corrected chi connectivity index (χ0v) is 12.7. The lowest BCUT2D eigenvalue weighted by molar-refractivity contribution is 0.126. The molecule has 0 spiro atoms. The Morgan fingerprint density at radius 3 is 3.00 bits per heavy atom. The minimum atomic E-state index is 0.614. The zero-order valence-electron chi connectivity index (χ0n) is 11.1. The maximum atomic E-state index is 5.49. The summed E-state index contributed by atoms with van der Waals surface area (Å²) < 4.78 is 8.15. The molecule has 0 aliphatic carbocycles. The van der Waals surface area contributed by atoms with E-state index in [1.165, 1.54) is 0 Å². The number of hydrogen-bond acceptors (Lipinski definition) is 5. The molecule has 6 nitrogen and oxygen atoms in total. The molecule has 2 heterocycles. The third-order valence-corrected chi connectivity index (χ3v) is 3.15. The average molecular weight is 328 g/mol. The summed E-state index contributed by atoms with van der Waals surface area (Å²) >= 11 is 3.45. The molecule has 0 aliphatic rings. The molecule has 0 saturated heterocycles. The fourth-order valence-electron chi connectivity index (χ4n) is 1.53. The van der Waals surface area contributed by atoms with E-state index in [-0.39, 0.29) is 0 Å². The predicted octanol–water partition coefficient (Wildman–Crippen LogP) is 1.48. The van der Waals surface area contributed by atoms with Crippen molar-refractivity contribution in [2.75, 3.05) is 45.7 Å². The van der Waals surface area contributed by atoms with Crippen molar-refractivity contribution < 1.29 is 4.74 Å². The van der Waals surface area contributed by atoms with E-state index in [0.29, 0.717) is 19.1 Å². The van der Waals surface area contributed by atoms with Crippen LogP contribution in [0.15, 0.2) is 22.8 Å². The second-order valence-corrected chi connectivity index (χ2v) is 5.26. The lowest BCUT2D eigenvalue weighted by atomic mass is 10.5. The average Bonchev–Trinajstić information content (AvgIpc) is 2.78. The van der Waals surface area contributed by atoms with Crippen LogP contribution >= 0.6 is 15.9 Å². The summed E-state index contributed by atoms with van der Waals surface area (Å²) in [7, 11) is 4.06. The van der Waals surface area contributed by atoms with Crippen LogP contribution in [0.5, 0.6) is 0 Å². The highest BCUT2D eigenvalue weighted by atomic mass is 79.9. The molecular formula is C12H18BrN5O. The molecule has 2 aromatic heterocycles. The summed E-state index contributed by atoms with van der Waals surface area (Å²) in [6.45, 7) is 3.00. The van der Waals surface area contributed by atoms with Gasteiger partial charge in [-0.2, -0.15) is 4.98 Å². The van der Waals surface area contributed by atoms with Crippen molar-refractivity contribution in [1.82, 2.24) is 19.5 Å². The second kappa shape index (κ2) is 6.83. The van der Waals surface area contributed by atoms with Crippen molar-refractivity contribution in [3.63, 3.8) is 0 Å². The number of nitrogens with zero attached hydrogens (tertiary/aromatic N) is 4. The molecule has 0 aromatic carbocycles. The molecule has 2 aromatic rings. The van der Waals surface area contributed by atoms with Gasteiger partial charge in [0.25, 0.3) is 0 Å². The van der Waals surface area contributed by atoms with Gasteiger partial charge in [0.15, 0.2) is 5.65 Å². The minimum Gasteiger partial charge on any atom is -0.378 e. The first-order valence-corrected chi connectivity index (χ1v) is 6.93. The van der Waals surface area contributed by atoms with Crippen molar-refractivity contribution in [1.29, 1.82) is 0 Å². The van der Waals surface area contributed by atoms with Gasteiger partial charge in [-0.15, -0.1) is 5.10 Å². The fraction of sp³-hybridized carbons (Fsp3) is 0.500. The first-order chi connectivity index (χ1) is 9.16. The van der Waals surface area contributed by atoms with Gasteiger partial charge in [0.1, 0.15) is 0 Å². The molecule has 2 rings (SSSR count). The van der Waals surface area contributed by atoms with E-state index in [1.54, 1.807) is 4.52 Å². The number of nitrogens with one attached hydrogen (secondary N) is 1. The molecule has 0 bridgehead atoms. The number of likely N-dealkylation sites (N-methyl/N-ethyl adjacent to an activating group) is 1. The van der Waals surface area contributed by atoms with Crippen molar-refractivity contribution in [2.45, 2.75) is 0 Å². The van der Waals surface area contributed by atoms with E-state index in [9.17, 15) is 0 Å². The Morgan fingerprint density at radius 2 is 2.26 bits per heavy atom. The lowest BCUT2D eigenvalue weighted by Crippen LogP contribution is -2.20. The van der Waals surface area contributed by atoms with Gasteiger partial charge in [0.05, 0.1) is 17.7 Å². The first-order valence-electron chi connectivity index (χ1n) is 6.14. The second-order valence-electron chi connectivity index (χ2n) is 4.40. The van der Waals surface area contributed by atoms with Crippen LogP contribution in [0.2, 0.25) is 0 Å². The van der Waals surface area contributed by atoms with Gasteiger partial charge in [0.2, 0.25) is 5.95 Å². The van der Waals surface area contributed by atoms with Gasteiger partial charge < -0.3 is 15.0 Å². The Hall–Kier alpha value is -1.18. The molecule has 0 amide bonds. The van der Waals surface area contributed by atoms with Crippen LogP contribution in [0.4, 0.5) is 5.95 Å². The van der Waals surface area contributed by atoms with E-state index >= 15 is 0 Å². The minimum absolute atomic E-state index is 0.614. The van der Waals surface area contributed by atoms with Crippen molar-refractivity contribution >= 4 is 27.5 Å². The monoisotopic (exact) mass is 327 g/mol. The smallest absolute Gasteiger partial charge is 0.243 e. The van der Waals surface area contributed by atoms with E-state index in [4.69, 9.17) is 4.74 Å². The Bertz CT molecular complexity index is 528. The van der Waals surface area contributed by atoms with Crippen LogP contribution in [0.3, 0.4) is 0 Å². The number of hydrogen-bond donors (Lipinski definition) is 1. The molecule has 0 fully saturated rings. The third-order valence-electron chi connectivity index (χ3n) is 2.53. The highest BCUT2D eigenvalue weighted by Crippen LogP contribution is 2.16. The zero-order chi connectivity index (χ0) is 13.7. The number of halogens is 1. The molecular weight excluding hydrogens is 310 g/mol. The van der Waals surface area contributed by atoms with E-state index in [1.807, 2.05) is 32.4 Å². The van der Waals surface area contributed by atoms with Crippen LogP contribution in [0.1, 0.15) is 0 Å². The summed E-state index contributed by atoms with van der Waals surface area (Å²) in [4.78, 5) is 6.48. The first kappa shape index (κ1) is 14.2. The van der Waals surface area contributed by atoms with E-state index in [0.717, 1.165) is 23.3 Å². The number of fused-ring (bicyclic) bond motifs is 1. The van der Waals surface area contributed by atoms with E-state index < -0.39 is 0 Å². The van der Waals surface area contributed by atoms with Crippen LogP contribution in [0, 0.1) is 0 Å². The van der Waals surface area contributed by atoms with Gasteiger partial charge >= 0.3 is 0 Å². The number of pyridine rings is 1. The van der Waals surface area contributed by atoms with Crippen molar-refractivity contribution in [3.05, 3.63) is 22.8 Å². The van der Waals surface area contributed by atoms with Crippen molar-refractivity contribution in [2.24, 2.45) is 0 Å². The van der Waals surface area contributed by atoms with Gasteiger partial charge in [-0.1, -0.05) is 0 Å². The molecule has 0 atom stereocenters. The van der Waals surface area contributed by atoms with Gasteiger partial charge in [-0.25, -0.2) is 4.52 Å². The molecule has 0 aliphatic heterocycles. The van der Waals surface area contributed by atoms with Crippen LogP contribution in [-0.2, 0) is 4.74 Å². The third kappa shape index (κ3) is 4.15. The fourth-order valence-corrected chi connectivity index (χ4v) is 1.96. The van der Waals surface area contributed by atoms with Gasteiger partial charge in [-0.05, 0) is 42.2 Å². The maximum absolute atomic E-state index is 5.49. The Morgan fingerprint density at radius 1 is 1.42 bits per heavy atom. The predicted molar refractivity (Wildman–Crippen MR) is 78.5 cm³/mol. The summed E-state index contributed by atoms with van der Waals surface area (Å²) in [5, 5.41) is 7.47. The number of aromatic nitrogens is 3. The largest absolute Gasteiger partial charge is 0.378 e. The van der Waals surface area contributed by atoms with Gasteiger partial charge in [-0.3, -0.25) is 0 Å². The Labute approximate surface area is 120 Å². The number of ether oxygens (including phenoxy) is 1. The van der Waals surface area contributed by atoms with E-state index in [2.05, 4.69) is 36.2 Å². The topological polar surface area (TPSA) is 54.7 Å². The molecule has 1 N–H and O–H groups in total. The van der Waals surface area contributed by atoms with Crippen LogP contribution in [-0.4, -0.2) is 59.9 Å². The number of rotatable bonds is 7. The Kier molecular flexibility index (Phi) is 5.12. The molecule has 0 saturated carbocycles. The van der Waals surface area contributed by atoms with Gasteiger partial charge in [0, 0.05) is 19.3 Å². The normalized spacial score (nSPS) is 11.4. The van der Waals surface area contributed by atoms with Crippen molar-refractivity contribution in [3.8, 4) is 0 Å². The molecule has 19 heavy (non-hydrogen) atoms. The maximum Gasteiger partial charge on any atom is 0.243 e. The number of anilines is 1. The summed E-state index contributed by atoms with van der Waals surface area (Å²) in [6, 6.07) is 3.86. The summed E-state index contributed by atoms with van der Waals surface area (Å²) in [5.74, 6) is 0.614. The van der Waals surface area contributed by atoms with Crippen LogP contribution < -0.4 is 5.32 Å². The Balaban J connectivity index is 1.77. The summed E-state index contributed by atoms with van der Waals surface area (Å²) in [5.41, 5.74) is 0.804. The lowest BCUT2D eigenvalue weighted by Gasteiger charge is -2.09. The standard InChI is InChI=1S/C12H18BrN5O/c1-17(2)7-9-19-8-5-14-12-15-11-10(13)4-3-6-18(11)16-12/h3-4,6H,5,7-9H2,1-2H3,(H,14,16). The molecule has 0 radical (unpaired) electrons. The molecule has 104 valence electrons. The van der Waals surface area contributed by atoms with Crippen LogP contribution in [0.25, 0.3) is 5.65 Å². The highest BCUT2D eigenvalue weighted by Gasteiger charge is 2.05.